The smallest absolute Gasteiger partial charge is 0.191 e. The summed E-state index contributed by atoms with van der Waals surface area (Å²) in [7, 11) is 0. The molecule has 3 aromatic heterocycles. The van der Waals surface area contributed by atoms with Crippen LogP contribution in [-0.2, 0) is 13.0 Å². The third kappa shape index (κ3) is 3.10. The largest absolute Gasteiger partial charge is 0.362 e. The number of nitrogens with zero attached hydrogens (tertiary/aromatic N) is 4. The second-order valence-corrected chi connectivity index (χ2v) is 5.98. The molecule has 0 spiro atoms. The van der Waals surface area contributed by atoms with Crippen molar-refractivity contribution in [2.24, 2.45) is 0 Å². The fourth-order valence-electron chi connectivity index (χ4n) is 2.08. The zero-order chi connectivity index (χ0) is 15.5. The molecule has 6 nitrogen and oxygen atoms in total. The summed E-state index contributed by atoms with van der Waals surface area (Å²) in [5.41, 5.74) is 0.908. The number of nitrogens with one attached hydrogen (secondary N) is 2. The van der Waals surface area contributed by atoms with Crippen LogP contribution in [-0.4, -0.2) is 25.1 Å². The summed E-state index contributed by atoms with van der Waals surface area (Å²) in [6.45, 7) is 4.34. The van der Waals surface area contributed by atoms with Crippen LogP contribution in [0.1, 0.15) is 24.1 Å². The first kappa shape index (κ1) is 14.9. The molecule has 2 N–H and O–H groups in total. The average Bonchev–Trinajstić information content (AvgIpc) is 3.15. The van der Waals surface area contributed by atoms with Crippen LogP contribution in [0.15, 0.2) is 17.5 Å². The summed E-state index contributed by atoms with van der Waals surface area (Å²) in [6, 6.07) is 3.97. The average molecular weight is 335 g/mol. The van der Waals surface area contributed by atoms with E-state index in [-0.39, 0.29) is 0 Å². The molecule has 114 valence electrons. The number of rotatable bonds is 5. The molecule has 0 unspecified atom stereocenters. The molecule has 0 amide bonds. The maximum atomic E-state index is 6.16. The van der Waals surface area contributed by atoms with Gasteiger partial charge in [-0.3, -0.25) is 5.10 Å². The Morgan fingerprint density at radius 1 is 1.32 bits per heavy atom. The van der Waals surface area contributed by atoms with Crippen molar-refractivity contribution < 1.29 is 0 Å². The van der Waals surface area contributed by atoms with E-state index < -0.39 is 0 Å². The standard InChI is InChI=1S/C14H15ClN6S/c1-3-9-12(15)17-8(2)18-13(9)16-7-11-19-14(21-20-11)10-5-4-6-22-10/h4-6H,3,7H2,1-2H3,(H,16,17,18)(H,19,20,21). The lowest BCUT2D eigenvalue weighted by Gasteiger charge is -2.10. The van der Waals surface area contributed by atoms with Gasteiger partial charge in [-0.1, -0.05) is 24.6 Å². The molecular weight excluding hydrogens is 320 g/mol. The number of aryl methyl sites for hydroxylation is 1. The molecule has 0 bridgehead atoms. The van der Waals surface area contributed by atoms with E-state index in [0.29, 0.717) is 23.3 Å². The van der Waals surface area contributed by atoms with Gasteiger partial charge in [0, 0.05) is 5.56 Å². The summed E-state index contributed by atoms with van der Waals surface area (Å²) >= 11 is 7.77. The molecular formula is C14H15ClN6S. The first-order valence-corrected chi connectivity index (χ1v) is 8.15. The van der Waals surface area contributed by atoms with Gasteiger partial charge in [-0.2, -0.15) is 5.10 Å². The zero-order valence-corrected chi connectivity index (χ0v) is 13.8. The van der Waals surface area contributed by atoms with E-state index >= 15 is 0 Å². The van der Waals surface area contributed by atoms with Crippen LogP contribution in [0.5, 0.6) is 0 Å². The van der Waals surface area contributed by atoms with Crippen LogP contribution in [0.2, 0.25) is 5.15 Å². The Balaban J connectivity index is 1.76. The van der Waals surface area contributed by atoms with Crippen LogP contribution in [0.3, 0.4) is 0 Å². The van der Waals surface area contributed by atoms with Crippen molar-refractivity contribution >= 4 is 28.8 Å². The van der Waals surface area contributed by atoms with Crippen molar-refractivity contribution in [1.82, 2.24) is 25.1 Å². The molecule has 22 heavy (non-hydrogen) atoms. The Bertz CT molecular complexity index is 768. The van der Waals surface area contributed by atoms with E-state index in [0.717, 1.165) is 28.5 Å². The maximum absolute atomic E-state index is 6.16. The molecule has 0 radical (unpaired) electrons. The van der Waals surface area contributed by atoms with E-state index in [2.05, 4.69) is 30.5 Å². The summed E-state index contributed by atoms with van der Waals surface area (Å²) in [5.74, 6) is 2.84. The number of aromatic amines is 1. The topological polar surface area (TPSA) is 79.4 Å². The van der Waals surface area contributed by atoms with Gasteiger partial charge < -0.3 is 5.32 Å². The monoisotopic (exact) mass is 334 g/mol. The molecule has 0 aliphatic heterocycles. The highest BCUT2D eigenvalue weighted by Crippen LogP contribution is 2.23. The van der Waals surface area contributed by atoms with Crippen molar-refractivity contribution in [2.75, 3.05) is 5.32 Å². The highest BCUT2D eigenvalue weighted by atomic mass is 35.5. The summed E-state index contributed by atoms with van der Waals surface area (Å²) < 4.78 is 0. The van der Waals surface area contributed by atoms with Gasteiger partial charge >= 0.3 is 0 Å². The van der Waals surface area contributed by atoms with Gasteiger partial charge in [0.05, 0.1) is 11.4 Å². The van der Waals surface area contributed by atoms with Crippen molar-refractivity contribution in [3.05, 3.63) is 39.9 Å². The number of aromatic nitrogens is 5. The number of hydrogen-bond donors (Lipinski definition) is 2. The third-order valence-corrected chi connectivity index (χ3v) is 4.30. The molecule has 8 heteroatoms. The molecule has 3 rings (SSSR count). The van der Waals surface area contributed by atoms with Gasteiger partial charge in [0.15, 0.2) is 5.82 Å². The van der Waals surface area contributed by atoms with E-state index in [4.69, 9.17) is 11.6 Å². The van der Waals surface area contributed by atoms with Crippen LogP contribution in [0.4, 0.5) is 5.82 Å². The van der Waals surface area contributed by atoms with Crippen LogP contribution in [0, 0.1) is 6.92 Å². The minimum Gasteiger partial charge on any atom is -0.362 e. The molecule has 3 aromatic rings. The predicted octanol–water partition coefficient (Wildman–Crippen LogP) is 3.46. The van der Waals surface area contributed by atoms with Crippen molar-refractivity contribution in [2.45, 2.75) is 26.8 Å². The van der Waals surface area contributed by atoms with Crippen LogP contribution >= 0.6 is 22.9 Å². The molecule has 3 heterocycles. The van der Waals surface area contributed by atoms with Crippen molar-refractivity contribution in [3.63, 3.8) is 0 Å². The number of hydrogen-bond acceptors (Lipinski definition) is 6. The minimum atomic E-state index is 0.495. The lowest BCUT2D eigenvalue weighted by Crippen LogP contribution is -2.08. The molecule has 0 aliphatic rings. The second kappa shape index (κ2) is 6.41. The van der Waals surface area contributed by atoms with Gasteiger partial charge in [-0.15, -0.1) is 11.3 Å². The Morgan fingerprint density at radius 3 is 2.91 bits per heavy atom. The Morgan fingerprint density at radius 2 is 2.18 bits per heavy atom. The van der Waals surface area contributed by atoms with E-state index in [1.807, 2.05) is 31.4 Å². The summed E-state index contributed by atoms with van der Waals surface area (Å²) in [6.07, 6.45) is 0.762. The number of thiophene rings is 1. The normalized spacial score (nSPS) is 10.9. The molecule has 0 saturated carbocycles. The van der Waals surface area contributed by atoms with Gasteiger partial charge in [0.25, 0.3) is 0 Å². The third-order valence-electron chi connectivity index (χ3n) is 3.12. The van der Waals surface area contributed by atoms with Crippen LogP contribution in [0.25, 0.3) is 10.7 Å². The Labute approximate surface area is 137 Å². The maximum Gasteiger partial charge on any atom is 0.191 e. The lowest BCUT2D eigenvalue weighted by molar-refractivity contribution is 0.922. The van der Waals surface area contributed by atoms with Crippen molar-refractivity contribution in [1.29, 1.82) is 0 Å². The van der Waals surface area contributed by atoms with Gasteiger partial charge in [0.1, 0.15) is 22.6 Å². The fraction of sp³-hybridized carbons (Fsp3) is 0.286. The number of anilines is 1. The predicted molar refractivity (Wildman–Crippen MR) is 88.2 cm³/mol. The molecule has 0 saturated heterocycles. The molecule has 0 atom stereocenters. The quantitative estimate of drug-likeness (QED) is 0.698. The molecule has 0 fully saturated rings. The highest BCUT2D eigenvalue weighted by Gasteiger charge is 2.11. The zero-order valence-electron chi connectivity index (χ0n) is 12.2. The number of H-pyrrole nitrogens is 1. The minimum absolute atomic E-state index is 0.495. The van der Waals surface area contributed by atoms with Gasteiger partial charge in [0.2, 0.25) is 0 Å². The van der Waals surface area contributed by atoms with Gasteiger partial charge in [-0.05, 0) is 24.8 Å². The molecule has 0 aromatic carbocycles. The van der Waals surface area contributed by atoms with Crippen molar-refractivity contribution in [3.8, 4) is 10.7 Å². The fourth-order valence-corrected chi connectivity index (χ4v) is 3.08. The van der Waals surface area contributed by atoms with Gasteiger partial charge in [-0.25, -0.2) is 15.0 Å². The Hall–Kier alpha value is -1.99. The first-order valence-electron chi connectivity index (χ1n) is 6.89. The van der Waals surface area contributed by atoms with Crippen LogP contribution < -0.4 is 5.32 Å². The first-order chi connectivity index (χ1) is 10.7. The lowest BCUT2D eigenvalue weighted by atomic mass is 10.2. The highest BCUT2D eigenvalue weighted by molar-refractivity contribution is 7.13. The number of halogens is 1. The molecule has 0 aliphatic carbocycles. The second-order valence-electron chi connectivity index (χ2n) is 4.68. The Kier molecular flexibility index (Phi) is 4.35. The summed E-state index contributed by atoms with van der Waals surface area (Å²) in [5, 5.41) is 12.9. The van der Waals surface area contributed by atoms with E-state index in [9.17, 15) is 0 Å². The SMILES string of the molecule is CCc1c(Cl)nc(C)nc1NCc1nc(-c2cccs2)n[nH]1. The van der Waals surface area contributed by atoms with E-state index in [1.54, 1.807) is 11.3 Å². The van der Waals surface area contributed by atoms with E-state index in [1.165, 1.54) is 0 Å². The summed E-state index contributed by atoms with van der Waals surface area (Å²) in [4.78, 5) is 14.1.